The number of methoxy groups -OCH3 is 2. The molecule has 1 heterocycles. The van der Waals surface area contributed by atoms with Gasteiger partial charge in [0.25, 0.3) is 5.91 Å². The molecular formula is C29H24N2O4. The van der Waals surface area contributed by atoms with Crippen molar-refractivity contribution in [1.82, 2.24) is 4.90 Å². The number of rotatable bonds is 6. The lowest BCUT2D eigenvalue weighted by atomic mass is 9.78. The Hall–Kier alpha value is -4.63. The number of esters is 1. The summed E-state index contributed by atoms with van der Waals surface area (Å²) in [5.74, 6) is -0.317. The Labute approximate surface area is 204 Å². The van der Waals surface area contributed by atoms with Crippen molar-refractivity contribution in [2.45, 2.75) is 12.0 Å². The van der Waals surface area contributed by atoms with Gasteiger partial charge in [0, 0.05) is 23.8 Å². The predicted molar refractivity (Wildman–Crippen MR) is 133 cm³/mol. The molecule has 6 nitrogen and oxygen atoms in total. The van der Waals surface area contributed by atoms with Crippen molar-refractivity contribution < 1.29 is 19.1 Å². The quantitative estimate of drug-likeness (QED) is 0.371. The largest absolute Gasteiger partial charge is 0.497 e. The minimum atomic E-state index is -1.48. The molecule has 1 aliphatic rings. The first-order valence-electron chi connectivity index (χ1n) is 11.0. The monoisotopic (exact) mass is 464 g/mol. The molecule has 0 fully saturated rings. The number of ether oxygens (including phenoxy) is 2. The van der Waals surface area contributed by atoms with E-state index in [0.29, 0.717) is 16.9 Å². The maximum Gasteiger partial charge on any atom is 0.333 e. The zero-order valence-corrected chi connectivity index (χ0v) is 19.5. The van der Waals surface area contributed by atoms with E-state index in [-0.39, 0.29) is 17.9 Å². The van der Waals surface area contributed by atoms with Gasteiger partial charge in [-0.15, -0.1) is 0 Å². The fraction of sp³-hybridized carbons (Fsp3) is 0.138. The lowest BCUT2D eigenvalue weighted by Gasteiger charge is -2.40. The zero-order chi connectivity index (χ0) is 24.8. The Balaban J connectivity index is 1.85. The third-order valence-corrected chi connectivity index (χ3v) is 6.00. The maximum atomic E-state index is 13.7. The van der Waals surface area contributed by atoms with Crippen molar-refractivity contribution in [3.8, 4) is 11.8 Å². The minimum Gasteiger partial charge on any atom is -0.497 e. The molecular weight excluding hydrogens is 440 g/mol. The number of hydrogen-bond donors (Lipinski definition) is 0. The summed E-state index contributed by atoms with van der Waals surface area (Å²) >= 11 is 0. The van der Waals surface area contributed by atoms with Gasteiger partial charge in [-0.05, 0) is 53.1 Å². The molecule has 3 aromatic rings. The van der Waals surface area contributed by atoms with Crippen molar-refractivity contribution in [2.75, 3.05) is 14.2 Å². The van der Waals surface area contributed by atoms with Crippen LogP contribution in [0.1, 0.15) is 33.5 Å². The molecule has 0 bridgehead atoms. The summed E-state index contributed by atoms with van der Waals surface area (Å²) in [6.07, 6.45) is 5.04. The summed E-state index contributed by atoms with van der Waals surface area (Å²) in [6, 6.07) is 25.8. The Bertz CT molecular complexity index is 1340. The first kappa shape index (κ1) is 23.5. The molecule has 0 aliphatic carbocycles. The molecule has 0 N–H and O–H groups in total. The van der Waals surface area contributed by atoms with Gasteiger partial charge in [0.1, 0.15) is 5.75 Å². The lowest BCUT2D eigenvalue weighted by molar-refractivity contribution is -0.136. The van der Waals surface area contributed by atoms with Crippen LogP contribution in [0.5, 0.6) is 5.75 Å². The van der Waals surface area contributed by atoms with Crippen LogP contribution in [0.3, 0.4) is 0 Å². The van der Waals surface area contributed by atoms with Gasteiger partial charge in [-0.2, -0.15) is 5.26 Å². The molecule has 0 aromatic heterocycles. The smallest absolute Gasteiger partial charge is 0.333 e. The molecule has 4 rings (SSSR count). The van der Waals surface area contributed by atoms with Crippen molar-refractivity contribution in [2.24, 2.45) is 0 Å². The molecule has 1 amide bonds. The topological polar surface area (TPSA) is 79.6 Å². The van der Waals surface area contributed by atoms with Crippen LogP contribution in [0.25, 0.3) is 12.2 Å². The number of carbonyl (C=O) groups is 2. The van der Waals surface area contributed by atoms with Gasteiger partial charge in [-0.1, -0.05) is 54.6 Å². The van der Waals surface area contributed by atoms with E-state index in [1.165, 1.54) is 12.0 Å². The molecule has 0 spiro atoms. The van der Waals surface area contributed by atoms with Crippen LogP contribution in [0, 0.1) is 11.3 Å². The van der Waals surface area contributed by atoms with E-state index in [1.807, 2.05) is 54.6 Å². The zero-order valence-electron chi connectivity index (χ0n) is 19.5. The van der Waals surface area contributed by atoms with Gasteiger partial charge in [0.05, 0.1) is 20.3 Å². The highest BCUT2D eigenvalue weighted by molar-refractivity contribution is 5.98. The second-order valence-corrected chi connectivity index (χ2v) is 8.03. The van der Waals surface area contributed by atoms with Crippen LogP contribution in [0.15, 0.2) is 90.6 Å². The summed E-state index contributed by atoms with van der Waals surface area (Å²) < 4.78 is 10.3. The number of benzene rings is 3. The Morgan fingerprint density at radius 3 is 2.31 bits per heavy atom. The SMILES string of the molecule is COC(=O)/C(=C/c1ccccc1)CC1(C#N)c2ccccc2C=CN1C(=O)c1ccc(OC)cc1. The first-order valence-corrected chi connectivity index (χ1v) is 11.0. The first-order chi connectivity index (χ1) is 17.0. The van der Waals surface area contributed by atoms with E-state index in [4.69, 9.17) is 9.47 Å². The van der Waals surface area contributed by atoms with E-state index in [0.717, 1.165) is 11.1 Å². The Morgan fingerprint density at radius 2 is 1.66 bits per heavy atom. The van der Waals surface area contributed by atoms with E-state index >= 15 is 0 Å². The number of carbonyl (C=O) groups excluding carboxylic acids is 2. The Morgan fingerprint density at radius 1 is 0.971 bits per heavy atom. The molecule has 0 radical (unpaired) electrons. The van der Waals surface area contributed by atoms with Gasteiger partial charge in [0.15, 0.2) is 5.54 Å². The number of nitriles is 1. The molecule has 35 heavy (non-hydrogen) atoms. The number of fused-ring (bicyclic) bond motifs is 1. The highest BCUT2D eigenvalue weighted by atomic mass is 16.5. The van der Waals surface area contributed by atoms with Crippen molar-refractivity contribution in [1.29, 1.82) is 5.26 Å². The van der Waals surface area contributed by atoms with Gasteiger partial charge in [-0.25, -0.2) is 4.79 Å². The standard InChI is InChI=1S/C29H24N2O4/c1-34-25-14-12-23(13-15-25)27(32)31-17-16-22-10-6-7-11-26(22)29(31,20-30)19-24(28(33)35-2)18-21-8-4-3-5-9-21/h3-18H,19H2,1-2H3/b24-18+. The summed E-state index contributed by atoms with van der Waals surface area (Å²) in [5.41, 5.74) is 1.41. The minimum absolute atomic E-state index is 0.0612. The van der Waals surface area contributed by atoms with Gasteiger partial charge < -0.3 is 9.47 Å². The van der Waals surface area contributed by atoms with E-state index < -0.39 is 11.5 Å². The predicted octanol–water partition coefficient (Wildman–Crippen LogP) is 5.19. The third-order valence-electron chi connectivity index (χ3n) is 6.00. The summed E-state index contributed by atoms with van der Waals surface area (Å²) in [7, 11) is 2.85. The normalized spacial score (nSPS) is 16.7. The van der Waals surface area contributed by atoms with E-state index in [1.54, 1.807) is 49.7 Å². The molecule has 6 heteroatoms. The van der Waals surface area contributed by atoms with Crippen LogP contribution in [0.4, 0.5) is 0 Å². The van der Waals surface area contributed by atoms with Gasteiger partial charge in [0.2, 0.25) is 0 Å². The van der Waals surface area contributed by atoms with Gasteiger partial charge >= 0.3 is 5.97 Å². The van der Waals surface area contributed by atoms with Crippen LogP contribution >= 0.6 is 0 Å². The number of amides is 1. The van der Waals surface area contributed by atoms with Gasteiger partial charge in [-0.3, -0.25) is 9.69 Å². The lowest BCUT2D eigenvalue weighted by Crippen LogP contribution is -2.48. The molecule has 0 saturated heterocycles. The summed E-state index contributed by atoms with van der Waals surface area (Å²) in [4.78, 5) is 28.0. The molecule has 1 unspecified atom stereocenters. The summed E-state index contributed by atoms with van der Waals surface area (Å²) in [5, 5.41) is 10.6. The highest BCUT2D eigenvalue weighted by Gasteiger charge is 2.46. The second-order valence-electron chi connectivity index (χ2n) is 8.03. The molecule has 1 atom stereocenters. The van der Waals surface area contributed by atoms with E-state index in [2.05, 4.69) is 6.07 Å². The van der Waals surface area contributed by atoms with Crippen LogP contribution in [-0.4, -0.2) is 31.0 Å². The summed E-state index contributed by atoms with van der Waals surface area (Å²) in [6.45, 7) is 0. The average molecular weight is 465 g/mol. The van der Waals surface area contributed by atoms with E-state index in [9.17, 15) is 14.9 Å². The van der Waals surface area contributed by atoms with Crippen molar-refractivity contribution in [3.63, 3.8) is 0 Å². The number of nitrogens with zero attached hydrogens (tertiary/aromatic N) is 2. The third kappa shape index (κ3) is 4.57. The van der Waals surface area contributed by atoms with Crippen LogP contribution in [0.2, 0.25) is 0 Å². The second kappa shape index (κ2) is 10.1. The highest BCUT2D eigenvalue weighted by Crippen LogP contribution is 2.42. The maximum absolute atomic E-state index is 13.7. The Kier molecular flexibility index (Phi) is 6.79. The average Bonchev–Trinajstić information content (AvgIpc) is 2.92. The van der Waals surface area contributed by atoms with Crippen molar-refractivity contribution in [3.05, 3.63) is 113 Å². The van der Waals surface area contributed by atoms with Crippen LogP contribution < -0.4 is 4.74 Å². The molecule has 174 valence electrons. The molecule has 3 aromatic carbocycles. The fourth-order valence-electron chi connectivity index (χ4n) is 4.22. The molecule has 0 saturated carbocycles. The molecule has 1 aliphatic heterocycles. The van der Waals surface area contributed by atoms with Crippen molar-refractivity contribution >= 4 is 24.0 Å². The number of hydrogen-bond acceptors (Lipinski definition) is 5. The van der Waals surface area contributed by atoms with Crippen LogP contribution in [-0.2, 0) is 15.1 Å². The fourth-order valence-corrected chi connectivity index (χ4v) is 4.22.